The Hall–Kier alpha value is -2.79. The van der Waals surface area contributed by atoms with Crippen molar-refractivity contribution in [2.75, 3.05) is 5.32 Å². The zero-order valence-electron chi connectivity index (χ0n) is 13.4. The van der Waals surface area contributed by atoms with Gasteiger partial charge >= 0.3 is 0 Å². The molecule has 0 bridgehead atoms. The smallest absolute Gasteiger partial charge is 0.291 e. The number of imide groups is 1. The highest BCUT2D eigenvalue weighted by Gasteiger charge is 2.39. The summed E-state index contributed by atoms with van der Waals surface area (Å²) >= 11 is 1.03. The second kappa shape index (κ2) is 6.61. The summed E-state index contributed by atoms with van der Waals surface area (Å²) in [6.45, 7) is 0.305. The Morgan fingerprint density at radius 1 is 0.880 bits per heavy atom. The summed E-state index contributed by atoms with van der Waals surface area (Å²) in [6, 6.07) is 23.4. The minimum absolute atomic E-state index is 0.202. The number of nitrogens with zero attached hydrogens (tertiary/aromatic N) is 1. The zero-order valence-corrected chi connectivity index (χ0v) is 14.2. The van der Waals surface area contributed by atoms with Gasteiger partial charge < -0.3 is 5.32 Å². The van der Waals surface area contributed by atoms with E-state index < -0.39 is 5.37 Å². The highest BCUT2D eigenvalue weighted by atomic mass is 32.2. The Kier molecular flexibility index (Phi) is 4.15. The lowest BCUT2D eigenvalue weighted by Crippen LogP contribution is -2.33. The number of carbonyl (C=O) groups excluding carboxylic acids is 2. The summed E-state index contributed by atoms with van der Waals surface area (Å²) < 4.78 is 0. The molecule has 3 aromatic rings. The van der Waals surface area contributed by atoms with E-state index in [0.29, 0.717) is 6.54 Å². The fourth-order valence-corrected chi connectivity index (χ4v) is 3.84. The van der Waals surface area contributed by atoms with E-state index in [1.54, 1.807) is 0 Å². The van der Waals surface area contributed by atoms with Crippen molar-refractivity contribution in [2.24, 2.45) is 0 Å². The van der Waals surface area contributed by atoms with E-state index >= 15 is 0 Å². The number of hydrogen-bond donors (Lipinski definition) is 1. The van der Waals surface area contributed by atoms with Crippen LogP contribution in [-0.4, -0.2) is 21.4 Å². The van der Waals surface area contributed by atoms with Crippen LogP contribution >= 0.6 is 11.8 Å². The lowest BCUT2D eigenvalue weighted by molar-refractivity contribution is -0.126. The van der Waals surface area contributed by atoms with E-state index in [0.717, 1.165) is 33.8 Å². The summed E-state index contributed by atoms with van der Waals surface area (Å²) in [4.78, 5) is 26.3. The summed E-state index contributed by atoms with van der Waals surface area (Å²) in [5, 5.41) is 4.55. The molecule has 124 valence electrons. The first-order valence-electron chi connectivity index (χ1n) is 8.02. The third kappa shape index (κ3) is 3.10. The van der Waals surface area contributed by atoms with Crippen LogP contribution in [0.2, 0.25) is 0 Å². The van der Waals surface area contributed by atoms with Gasteiger partial charge in [0.25, 0.3) is 11.1 Å². The van der Waals surface area contributed by atoms with Crippen LogP contribution in [0.3, 0.4) is 0 Å². The summed E-state index contributed by atoms with van der Waals surface area (Å²) in [6.07, 6.45) is 0. The number of fused-ring (bicyclic) bond motifs is 1. The Bertz CT molecular complexity index is 937. The van der Waals surface area contributed by atoms with Crippen LogP contribution in [0.1, 0.15) is 5.56 Å². The molecule has 4 nitrogen and oxygen atoms in total. The molecule has 1 saturated heterocycles. The van der Waals surface area contributed by atoms with E-state index in [2.05, 4.69) is 5.32 Å². The third-order valence-electron chi connectivity index (χ3n) is 4.19. The number of anilines is 1. The molecule has 4 rings (SSSR count). The molecule has 1 fully saturated rings. The van der Waals surface area contributed by atoms with Crippen LogP contribution in [0.4, 0.5) is 10.5 Å². The van der Waals surface area contributed by atoms with Crippen molar-refractivity contribution in [1.29, 1.82) is 0 Å². The van der Waals surface area contributed by atoms with Crippen LogP contribution in [0.25, 0.3) is 10.8 Å². The molecule has 1 heterocycles. The third-order valence-corrected chi connectivity index (χ3v) is 5.17. The maximum Gasteiger partial charge on any atom is 0.291 e. The van der Waals surface area contributed by atoms with Gasteiger partial charge in [-0.2, -0.15) is 0 Å². The highest BCUT2D eigenvalue weighted by Crippen LogP contribution is 2.32. The maximum atomic E-state index is 12.7. The van der Waals surface area contributed by atoms with Crippen molar-refractivity contribution in [3.05, 3.63) is 78.4 Å². The first-order chi connectivity index (χ1) is 12.2. The standard InChI is InChI=1S/C20H16N2O2S/c23-19-18(21-17-12-6-10-15-9-4-5-11-16(15)17)25-20(24)22(19)13-14-7-2-1-3-8-14/h1-12,18,21H,13H2. The molecule has 0 aliphatic carbocycles. The molecule has 0 saturated carbocycles. The molecular weight excluding hydrogens is 332 g/mol. The SMILES string of the molecule is O=C1SC(Nc2cccc3ccccc23)C(=O)N1Cc1ccccc1. The summed E-state index contributed by atoms with van der Waals surface area (Å²) in [5.41, 5.74) is 1.80. The molecule has 25 heavy (non-hydrogen) atoms. The predicted octanol–water partition coefficient (Wildman–Crippen LogP) is 4.47. The average Bonchev–Trinajstić information content (AvgIpc) is 2.90. The topological polar surface area (TPSA) is 49.4 Å². The highest BCUT2D eigenvalue weighted by molar-refractivity contribution is 8.15. The van der Waals surface area contributed by atoms with Gasteiger partial charge in [0.15, 0.2) is 5.37 Å². The van der Waals surface area contributed by atoms with Gasteiger partial charge in [-0.1, -0.05) is 66.7 Å². The van der Waals surface area contributed by atoms with E-state index in [9.17, 15) is 9.59 Å². The fourth-order valence-electron chi connectivity index (χ4n) is 2.94. The molecule has 1 aliphatic rings. The quantitative estimate of drug-likeness (QED) is 0.755. The second-order valence-electron chi connectivity index (χ2n) is 5.84. The molecule has 2 amide bonds. The van der Waals surface area contributed by atoms with Crippen LogP contribution in [0, 0.1) is 0 Å². The molecule has 1 N–H and O–H groups in total. The molecule has 1 unspecified atom stereocenters. The number of hydrogen-bond acceptors (Lipinski definition) is 4. The molecule has 0 aromatic heterocycles. The summed E-state index contributed by atoms with van der Waals surface area (Å²) in [7, 11) is 0. The van der Waals surface area contributed by atoms with Gasteiger partial charge in [0, 0.05) is 11.1 Å². The molecule has 0 spiro atoms. The number of thioether (sulfide) groups is 1. The van der Waals surface area contributed by atoms with Gasteiger partial charge in [-0.05, 0) is 28.8 Å². The van der Waals surface area contributed by atoms with Gasteiger partial charge in [-0.25, -0.2) is 0 Å². The van der Waals surface area contributed by atoms with Crippen LogP contribution < -0.4 is 5.32 Å². The van der Waals surface area contributed by atoms with E-state index in [4.69, 9.17) is 0 Å². The van der Waals surface area contributed by atoms with Crippen LogP contribution in [0.15, 0.2) is 72.8 Å². The van der Waals surface area contributed by atoms with Crippen LogP contribution in [0.5, 0.6) is 0 Å². The minimum atomic E-state index is -0.595. The first-order valence-corrected chi connectivity index (χ1v) is 8.90. The Labute approximate surface area is 149 Å². The van der Waals surface area contributed by atoms with Crippen molar-refractivity contribution < 1.29 is 9.59 Å². The normalized spacial score (nSPS) is 17.3. The van der Waals surface area contributed by atoms with Crippen molar-refractivity contribution in [3.8, 4) is 0 Å². The number of amides is 2. The monoisotopic (exact) mass is 348 g/mol. The van der Waals surface area contributed by atoms with Gasteiger partial charge in [0.1, 0.15) is 0 Å². The van der Waals surface area contributed by atoms with Crippen molar-refractivity contribution >= 4 is 39.4 Å². The number of nitrogens with one attached hydrogen (secondary N) is 1. The zero-order chi connectivity index (χ0) is 17.2. The predicted molar refractivity (Wildman–Crippen MR) is 101 cm³/mol. The molecule has 0 radical (unpaired) electrons. The Morgan fingerprint density at radius 3 is 2.44 bits per heavy atom. The van der Waals surface area contributed by atoms with Gasteiger partial charge in [0.2, 0.25) is 0 Å². The average molecular weight is 348 g/mol. The van der Waals surface area contributed by atoms with Crippen molar-refractivity contribution in [3.63, 3.8) is 0 Å². The van der Waals surface area contributed by atoms with E-state index in [1.165, 1.54) is 4.90 Å². The second-order valence-corrected chi connectivity index (χ2v) is 6.90. The first kappa shape index (κ1) is 15.7. The van der Waals surface area contributed by atoms with Crippen molar-refractivity contribution in [2.45, 2.75) is 11.9 Å². The van der Waals surface area contributed by atoms with Gasteiger partial charge in [0.05, 0.1) is 6.54 Å². The molecule has 5 heteroatoms. The summed E-state index contributed by atoms with van der Waals surface area (Å²) in [5.74, 6) is -0.202. The molecule has 3 aromatic carbocycles. The molecule has 1 atom stereocenters. The largest absolute Gasteiger partial charge is 0.365 e. The van der Waals surface area contributed by atoms with E-state index in [-0.39, 0.29) is 11.1 Å². The van der Waals surface area contributed by atoms with Crippen LogP contribution in [-0.2, 0) is 11.3 Å². The fraction of sp³-hybridized carbons (Fsp3) is 0.100. The number of benzene rings is 3. The lowest BCUT2D eigenvalue weighted by Gasteiger charge is -2.16. The lowest BCUT2D eigenvalue weighted by atomic mass is 10.1. The van der Waals surface area contributed by atoms with Gasteiger partial charge in [-0.15, -0.1) is 0 Å². The van der Waals surface area contributed by atoms with Crippen molar-refractivity contribution in [1.82, 2.24) is 4.90 Å². The molecular formula is C20H16N2O2S. The Morgan fingerprint density at radius 2 is 1.60 bits per heavy atom. The minimum Gasteiger partial charge on any atom is -0.365 e. The number of rotatable bonds is 4. The maximum absolute atomic E-state index is 12.7. The number of carbonyl (C=O) groups is 2. The Balaban J connectivity index is 1.56. The molecule has 1 aliphatic heterocycles. The van der Waals surface area contributed by atoms with E-state index in [1.807, 2.05) is 72.8 Å². The van der Waals surface area contributed by atoms with Gasteiger partial charge in [-0.3, -0.25) is 14.5 Å².